The largest absolute Gasteiger partial charge is 0.459 e. The first-order valence-electron chi connectivity index (χ1n) is 9.85. The standard InChI is InChI=1S/C12H27N.C9H15O2/c1-4-7-10-13(11-8-5-2)12-9-6-3;1-5-8(7(3)4)11-9(10)6-2/h4-12H2,1-3H3;6-8H,2-3,5H2,1,4H3. The monoisotopic (exact) mass is 340 g/mol. The van der Waals surface area contributed by atoms with E-state index in [1.165, 1.54) is 64.2 Å². The van der Waals surface area contributed by atoms with Crippen molar-refractivity contribution in [2.45, 2.75) is 85.7 Å². The van der Waals surface area contributed by atoms with Gasteiger partial charge in [-0.2, -0.15) is 0 Å². The zero-order chi connectivity index (χ0) is 18.8. The molecule has 0 spiro atoms. The highest BCUT2D eigenvalue weighted by atomic mass is 16.5. The molecule has 0 aliphatic rings. The van der Waals surface area contributed by atoms with Crippen LogP contribution in [0.4, 0.5) is 0 Å². The Labute approximate surface area is 151 Å². The van der Waals surface area contributed by atoms with Gasteiger partial charge in [0, 0.05) is 6.08 Å². The Balaban J connectivity index is 0. The van der Waals surface area contributed by atoms with Gasteiger partial charge in [0.15, 0.2) is 0 Å². The molecule has 0 aromatic carbocycles. The molecule has 0 aliphatic carbocycles. The third kappa shape index (κ3) is 16.0. The summed E-state index contributed by atoms with van der Waals surface area (Å²) in [4.78, 5) is 13.4. The molecule has 0 fully saturated rings. The minimum atomic E-state index is -0.368. The van der Waals surface area contributed by atoms with E-state index in [9.17, 15) is 4.79 Å². The highest BCUT2D eigenvalue weighted by molar-refractivity contribution is 5.81. The molecule has 0 aromatic heterocycles. The van der Waals surface area contributed by atoms with Crippen LogP contribution in [0, 0.1) is 12.8 Å². The second kappa shape index (κ2) is 18.5. The van der Waals surface area contributed by atoms with Gasteiger partial charge in [-0.15, -0.1) is 0 Å². The van der Waals surface area contributed by atoms with E-state index >= 15 is 0 Å². The normalized spacial score (nSPS) is 11.8. The number of unbranched alkanes of at least 4 members (excludes halogenated alkanes) is 3. The third-order valence-corrected chi connectivity index (χ3v) is 3.95. The highest BCUT2D eigenvalue weighted by Crippen LogP contribution is 2.09. The molecule has 2 unspecified atom stereocenters. The van der Waals surface area contributed by atoms with Crippen molar-refractivity contribution in [3.8, 4) is 0 Å². The summed E-state index contributed by atoms with van der Waals surface area (Å²) in [6.07, 6.45) is 9.97. The molecular formula is C21H42NO2. The third-order valence-electron chi connectivity index (χ3n) is 3.95. The Hall–Kier alpha value is -0.830. The maximum absolute atomic E-state index is 10.7. The van der Waals surface area contributed by atoms with Gasteiger partial charge in [-0.25, -0.2) is 4.79 Å². The minimum Gasteiger partial charge on any atom is -0.459 e. The van der Waals surface area contributed by atoms with E-state index in [0.717, 1.165) is 6.42 Å². The quantitative estimate of drug-likeness (QED) is 0.320. The lowest BCUT2D eigenvalue weighted by Crippen LogP contribution is -2.27. The van der Waals surface area contributed by atoms with E-state index in [4.69, 9.17) is 4.74 Å². The molecule has 0 bridgehead atoms. The van der Waals surface area contributed by atoms with Crippen LogP contribution in [0.25, 0.3) is 0 Å². The van der Waals surface area contributed by atoms with E-state index in [2.05, 4.69) is 39.2 Å². The summed E-state index contributed by atoms with van der Waals surface area (Å²) >= 11 is 0. The topological polar surface area (TPSA) is 29.5 Å². The summed E-state index contributed by atoms with van der Waals surface area (Å²) in [6, 6.07) is 0. The van der Waals surface area contributed by atoms with E-state index in [1.54, 1.807) is 0 Å². The van der Waals surface area contributed by atoms with Gasteiger partial charge < -0.3 is 9.64 Å². The molecule has 0 aliphatic heterocycles. The first-order chi connectivity index (χ1) is 11.5. The fourth-order valence-electron chi connectivity index (χ4n) is 2.28. The molecule has 24 heavy (non-hydrogen) atoms. The average molecular weight is 341 g/mol. The zero-order valence-electron chi connectivity index (χ0n) is 17.0. The average Bonchev–Trinajstić information content (AvgIpc) is 2.58. The van der Waals surface area contributed by atoms with Crippen molar-refractivity contribution in [1.82, 2.24) is 4.90 Å². The SMILES string of the molecule is CCCCN(CCCC)CCCC.[CH2]C(C)C(CC)OC(=O)C=C. The van der Waals surface area contributed by atoms with Crippen molar-refractivity contribution in [2.75, 3.05) is 19.6 Å². The van der Waals surface area contributed by atoms with Crippen LogP contribution in [0.15, 0.2) is 12.7 Å². The van der Waals surface area contributed by atoms with Crippen LogP contribution in [0.3, 0.4) is 0 Å². The Kier molecular flexibility index (Phi) is 19.6. The zero-order valence-corrected chi connectivity index (χ0v) is 17.0. The number of ether oxygens (including phenoxy) is 1. The highest BCUT2D eigenvalue weighted by Gasteiger charge is 2.13. The van der Waals surface area contributed by atoms with Crippen LogP contribution >= 0.6 is 0 Å². The summed E-state index contributed by atoms with van der Waals surface area (Å²) in [5, 5.41) is 0. The van der Waals surface area contributed by atoms with Gasteiger partial charge in [0.25, 0.3) is 0 Å². The van der Waals surface area contributed by atoms with Crippen LogP contribution < -0.4 is 0 Å². The fourth-order valence-corrected chi connectivity index (χ4v) is 2.28. The van der Waals surface area contributed by atoms with Crippen molar-refractivity contribution in [3.05, 3.63) is 19.6 Å². The van der Waals surface area contributed by atoms with Gasteiger partial charge in [-0.1, -0.05) is 60.5 Å². The Morgan fingerprint density at radius 2 is 1.42 bits per heavy atom. The smallest absolute Gasteiger partial charge is 0.330 e. The number of esters is 1. The molecule has 0 amide bonds. The summed E-state index contributed by atoms with van der Waals surface area (Å²) in [5.74, 6) is -0.240. The van der Waals surface area contributed by atoms with E-state index in [1.807, 2.05) is 13.8 Å². The number of hydrogen-bond donors (Lipinski definition) is 0. The van der Waals surface area contributed by atoms with E-state index < -0.39 is 0 Å². The molecule has 0 saturated carbocycles. The molecule has 3 heteroatoms. The van der Waals surface area contributed by atoms with Crippen molar-refractivity contribution >= 4 is 5.97 Å². The summed E-state index contributed by atoms with van der Waals surface area (Å²) in [5.41, 5.74) is 0. The van der Waals surface area contributed by atoms with Gasteiger partial charge in [0.2, 0.25) is 0 Å². The van der Waals surface area contributed by atoms with Gasteiger partial charge in [-0.3, -0.25) is 0 Å². The summed E-state index contributed by atoms with van der Waals surface area (Å²) < 4.78 is 4.99. The molecule has 0 saturated heterocycles. The first-order valence-corrected chi connectivity index (χ1v) is 9.85. The van der Waals surface area contributed by atoms with Crippen LogP contribution in [-0.4, -0.2) is 36.6 Å². The molecule has 0 heterocycles. The number of carbonyl (C=O) groups is 1. The summed E-state index contributed by atoms with van der Waals surface area (Å²) in [7, 11) is 0. The molecule has 3 nitrogen and oxygen atoms in total. The van der Waals surface area contributed by atoms with Crippen molar-refractivity contribution in [1.29, 1.82) is 0 Å². The van der Waals surface area contributed by atoms with Gasteiger partial charge in [-0.05, 0) is 58.2 Å². The fraction of sp³-hybridized carbons (Fsp3) is 0.810. The number of rotatable bonds is 13. The molecule has 0 rings (SSSR count). The van der Waals surface area contributed by atoms with Crippen molar-refractivity contribution < 1.29 is 9.53 Å². The molecular weight excluding hydrogens is 298 g/mol. The van der Waals surface area contributed by atoms with Gasteiger partial charge in [0.1, 0.15) is 6.10 Å². The van der Waals surface area contributed by atoms with Crippen LogP contribution in [0.5, 0.6) is 0 Å². The van der Waals surface area contributed by atoms with Crippen LogP contribution in [-0.2, 0) is 9.53 Å². The van der Waals surface area contributed by atoms with Crippen LogP contribution in [0.2, 0.25) is 0 Å². The lowest BCUT2D eigenvalue weighted by atomic mass is 10.1. The minimum absolute atomic E-state index is 0.0829. The first kappa shape index (κ1) is 25.4. The number of nitrogens with zero attached hydrogens (tertiary/aromatic N) is 1. The van der Waals surface area contributed by atoms with Gasteiger partial charge in [0.05, 0.1) is 0 Å². The molecule has 0 N–H and O–H groups in total. The lowest BCUT2D eigenvalue weighted by Gasteiger charge is -2.21. The van der Waals surface area contributed by atoms with Gasteiger partial charge >= 0.3 is 5.97 Å². The predicted octanol–water partition coefficient (Wildman–Crippen LogP) is 5.65. The predicted molar refractivity (Wildman–Crippen MR) is 106 cm³/mol. The molecule has 2 atom stereocenters. The molecule has 0 aromatic rings. The lowest BCUT2D eigenvalue weighted by molar-refractivity contribution is -0.144. The Morgan fingerprint density at radius 1 is 1.00 bits per heavy atom. The molecule has 1 radical (unpaired) electrons. The van der Waals surface area contributed by atoms with Crippen molar-refractivity contribution in [3.63, 3.8) is 0 Å². The second-order valence-electron chi connectivity index (χ2n) is 6.47. The Morgan fingerprint density at radius 3 is 1.67 bits per heavy atom. The van der Waals surface area contributed by atoms with E-state index in [-0.39, 0.29) is 18.0 Å². The second-order valence-corrected chi connectivity index (χ2v) is 6.47. The maximum Gasteiger partial charge on any atom is 0.330 e. The molecule has 143 valence electrons. The number of hydrogen-bond acceptors (Lipinski definition) is 3. The Bertz CT molecular complexity index is 271. The van der Waals surface area contributed by atoms with Crippen molar-refractivity contribution in [2.24, 2.45) is 5.92 Å². The maximum atomic E-state index is 10.7. The summed E-state index contributed by atoms with van der Waals surface area (Å²) in [6.45, 7) is 21.8. The number of carbonyl (C=O) groups excluding carboxylic acids is 1. The van der Waals surface area contributed by atoms with E-state index in [0.29, 0.717) is 0 Å². The van der Waals surface area contributed by atoms with Crippen LogP contribution in [0.1, 0.15) is 79.6 Å².